The predicted molar refractivity (Wildman–Crippen MR) is 68.1 cm³/mol. The molecule has 1 aliphatic rings. The third-order valence-corrected chi connectivity index (χ3v) is 3.34. The standard InChI is InChI=1S/C13H14F2N2O4/c14-12(15)21-9-3-1-8(2-4-9)10(18)17-6-5-13(16,7-17)11(19)20/h1-4,12H,5-7,16H2,(H,19,20). The number of nitrogens with zero attached hydrogens (tertiary/aromatic N) is 1. The first-order valence-electron chi connectivity index (χ1n) is 6.18. The van der Waals surface area contributed by atoms with Gasteiger partial charge >= 0.3 is 12.6 Å². The fourth-order valence-electron chi connectivity index (χ4n) is 2.14. The van der Waals surface area contributed by atoms with Crippen LogP contribution in [0.15, 0.2) is 24.3 Å². The molecule has 1 aromatic rings. The van der Waals surface area contributed by atoms with Crippen molar-refractivity contribution in [2.24, 2.45) is 5.73 Å². The lowest BCUT2D eigenvalue weighted by Gasteiger charge is -2.20. The van der Waals surface area contributed by atoms with Crippen molar-refractivity contribution in [3.8, 4) is 5.75 Å². The molecular formula is C13H14F2N2O4. The normalized spacial score (nSPS) is 21.6. The van der Waals surface area contributed by atoms with Gasteiger partial charge in [0.05, 0.1) is 0 Å². The Kier molecular flexibility index (Phi) is 4.08. The van der Waals surface area contributed by atoms with Crippen molar-refractivity contribution in [1.29, 1.82) is 0 Å². The van der Waals surface area contributed by atoms with Crippen molar-refractivity contribution < 1.29 is 28.2 Å². The number of carbonyl (C=O) groups is 2. The van der Waals surface area contributed by atoms with Gasteiger partial charge in [0.25, 0.3) is 5.91 Å². The van der Waals surface area contributed by atoms with Crippen LogP contribution in [0.1, 0.15) is 16.8 Å². The van der Waals surface area contributed by atoms with E-state index in [9.17, 15) is 18.4 Å². The van der Waals surface area contributed by atoms with Crippen molar-refractivity contribution in [2.75, 3.05) is 13.1 Å². The van der Waals surface area contributed by atoms with Gasteiger partial charge in [0, 0.05) is 18.7 Å². The maximum absolute atomic E-state index is 12.2. The van der Waals surface area contributed by atoms with E-state index < -0.39 is 24.0 Å². The molecule has 1 aromatic carbocycles. The highest BCUT2D eigenvalue weighted by Crippen LogP contribution is 2.22. The number of amides is 1. The number of likely N-dealkylation sites (tertiary alicyclic amines) is 1. The van der Waals surface area contributed by atoms with E-state index in [2.05, 4.69) is 4.74 Å². The molecule has 0 aromatic heterocycles. The fraction of sp³-hybridized carbons (Fsp3) is 0.385. The Balaban J connectivity index is 2.06. The van der Waals surface area contributed by atoms with Crippen molar-refractivity contribution in [3.05, 3.63) is 29.8 Å². The lowest BCUT2D eigenvalue weighted by molar-refractivity contribution is -0.142. The fourth-order valence-corrected chi connectivity index (χ4v) is 2.14. The Morgan fingerprint density at radius 2 is 1.95 bits per heavy atom. The minimum absolute atomic E-state index is 0.0540. The van der Waals surface area contributed by atoms with E-state index in [1.165, 1.54) is 29.2 Å². The highest BCUT2D eigenvalue weighted by molar-refractivity contribution is 5.95. The van der Waals surface area contributed by atoms with Crippen LogP contribution < -0.4 is 10.5 Å². The number of nitrogens with two attached hydrogens (primary N) is 1. The van der Waals surface area contributed by atoms with Crippen molar-refractivity contribution >= 4 is 11.9 Å². The molecule has 0 spiro atoms. The van der Waals surface area contributed by atoms with Crippen LogP contribution in [0.5, 0.6) is 5.75 Å². The summed E-state index contributed by atoms with van der Waals surface area (Å²) in [6.07, 6.45) is 0.167. The number of rotatable bonds is 4. The highest BCUT2D eigenvalue weighted by Gasteiger charge is 2.43. The van der Waals surface area contributed by atoms with Gasteiger partial charge in [0.1, 0.15) is 11.3 Å². The first kappa shape index (κ1) is 15.2. The third-order valence-electron chi connectivity index (χ3n) is 3.34. The van der Waals surface area contributed by atoms with E-state index in [1.54, 1.807) is 0 Å². The number of hydrogen-bond acceptors (Lipinski definition) is 4. The number of alkyl halides is 2. The maximum Gasteiger partial charge on any atom is 0.387 e. The van der Waals surface area contributed by atoms with Gasteiger partial charge < -0.3 is 20.5 Å². The second-order valence-corrected chi connectivity index (χ2v) is 4.84. The van der Waals surface area contributed by atoms with Gasteiger partial charge in [0.15, 0.2) is 0 Å². The summed E-state index contributed by atoms with van der Waals surface area (Å²) < 4.78 is 28.2. The number of carbonyl (C=O) groups excluding carboxylic acids is 1. The topological polar surface area (TPSA) is 92.9 Å². The van der Waals surface area contributed by atoms with Crippen LogP contribution in [0.2, 0.25) is 0 Å². The summed E-state index contributed by atoms with van der Waals surface area (Å²) in [4.78, 5) is 24.5. The number of hydrogen-bond donors (Lipinski definition) is 2. The van der Waals surface area contributed by atoms with Crippen LogP contribution in [0.4, 0.5) is 8.78 Å². The van der Waals surface area contributed by atoms with Gasteiger partial charge in [-0.25, -0.2) is 0 Å². The van der Waals surface area contributed by atoms with Crippen LogP contribution >= 0.6 is 0 Å². The minimum atomic E-state index is -2.93. The number of aliphatic carboxylic acids is 1. The van der Waals surface area contributed by atoms with Crippen LogP contribution in [-0.4, -0.2) is 47.1 Å². The van der Waals surface area contributed by atoms with Gasteiger partial charge in [-0.3, -0.25) is 9.59 Å². The largest absolute Gasteiger partial charge is 0.480 e. The summed E-state index contributed by atoms with van der Waals surface area (Å²) in [7, 11) is 0. The Morgan fingerprint density at radius 1 is 1.33 bits per heavy atom. The van der Waals surface area contributed by atoms with Crippen molar-refractivity contribution in [3.63, 3.8) is 0 Å². The van der Waals surface area contributed by atoms with E-state index in [-0.39, 0.29) is 30.8 Å². The SMILES string of the molecule is NC1(C(=O)O)CCN(C(=O)c2ccc(OC(F)F)cc2)C1. The molecule has 2 rings (SSSR count). The Hall–Kier alpha value is -2.22. The molecule has 8 heteroatoms. The zero-order valence-corrected chi connectivity index (χ0v) is 11.0. The average molecular weight is 300 g/mol. The number of benzene rings is 1. The molecule has 1 fully saturated rings. The zero-order chi connectivity index (χ0) is 15.6. The molecule has 114 valence electrons. The summed E-state index contributed by atoms with van der Waals surface area (Å²) in [5, 5.41) is 9.01. The van der Waals surface area contributed by atoms with E-state index >= 15 is 0 Å². The van der Waals surface area contributed by atoms with Crippen molar-refractivity contribution in [2.45, 2.75) is 18.6 Å². The van der Waals surface area contributed by atoms with E-state index in [4.69, 9.17) is 10.8 Å². The molecule has 1 saturated heterocycles. The van der Waals surface area contributed by atoms with Crippen LogP contribution in [0.25, 0.3) is 0 Å². The number of ether oxygens (including phenoxy) is 1. The molecule has 1 unspecified atom stereocenters. The first-order valence-corrected chi connectivity index (χ1v) is 6.18. The Morgan fingerprint density at radius 3 is 2.43 bits per heavy atom. The molecule has 3 N–H and O–H groups in total. The van der Waals surface area contributed by atoms with Crippen LogP contribution in [-0.2, 0) is 4.79 Å². The van der Waals surface area contributed by atoms with Gasteiger partial charge in [-0.2, -0.15) is 8.78 Å². The molecular weight excluding hydrogens is 286 g/mol. The average Bonchev–Trinajstić information content (AvgIpc) is 2.82. The molecule has 6 nitrogen and oxygen atoms in total. The summed E-state index contributed by atoms with van der Waals surface area (Å²) >= 11 is 0. The van der Waals surface area contributed by atoms with Gasteiger partial charge in [-0.05, 0) is 30.7 Å². The summed E-state index contributed by atoms with van der Waals surface area (Å²) in [6, 6.07) is 5.19. The summed E-state index contributed by atoms with van der Waals surface area (Å²) in [6.45, 7) is -2.79. The van der Waals surface area contributed by atoms with Gasteiger partial charge in [0.2, 0.25) is 0 Å². The monoisotopic (exact) mass is 300 g/mol. The lowest BCUT2D eigenvalue weighted by Crippen LogP contribution is -2.50. The van der Waals surface area contributed by atoms with Crippen molar-refractivity contribution in [1.82, 2.24) is 4.90 Å². The molecule has 0 aliphatic carbocycles. The minimum Gasteiger partial charge on any atom is -0.480 e. The summed E-state index contributed by atoms with van der Waals surface area (Å²) in [5.41, 5.74) is 4.51. The molecule has 21 heavy (non-hydrogen) atoms. The third kappa shape index (κ3) is 3.27. The second-order valence-electron chi connectivity index (χ2n) is 4.84. The Bertz CT molecular complexity index is 550. The quantitative estimate of drug-likeness (QED) is 0.862. The smallest absolute Gasteiger partial charge is 0.387 e. The summed E-state index contributed by atoms with van der Waals surface area (Å²) in [5.74, 6) is -1.60. The molecule has 1 heterocycles. The molecule has 1 atom stereocenters. The molecule has 1 amide bonds. The number of halogens is 2. The number of carboxylic acids is 1. The molecule has 1 aliphatic heterocycles. The molecule has 0 saturated carbocycles. The van der Waals surface area contributed by atoms with Crippen LogP contribution in [0, 0.1) is 0 Å². The maximum atomic E-state index is 12.2. The molecule has 0 radical (unpaired) electrons. The lowest BCUT2D eigenvalue weighted by atomic mass is 10.0. The van der Waals surface area contributed by atoms with Crippen LogP contribution in [0.3, 0.4) is 0 Å². The Labute approximate surface area is 119 Å². The second kappa shape index (κ2) is 5.65. The molecule has 0 bridgehead atoms. The van der Waals surface area contributed by atoms with Gasteiger partial charge in [-0.1, -0.05) is 0 Å². The number of carboxylic acid groups (broad SMARTS) is 1. The van der Waals surface area contributed by atoms with E-state index in [0.717, 1.165) is 0 Å². The van der Waals surface area contributed by atoms with E-state index in [1.807, 2.05) is 0 Å². The highest BCUT2D eigenvalue weighted by atomic mass is 19.3. The first-order chi connectivity index (χ1) is 9.82. The van der Waals surface area contributed by atoms with E-state index in [0.29, 0.717) is 0 Å². The zero-order valence-electron chi connectivity index (χ0n) is 11.0. The van der Waals surface area contributed by atoms with Gasteiger partial charge in [-0.15, -0.1) is 0 Å². The predicted octanol–water partition coefficient (Wildman–Crippen LogP) is 0.916.